The lowest BCUT2D eigenvalue weighted by atomic mass is 10.1. The van der Waals surface area contributed by atoms with Gasteiger partial charge in [0.05, 0.1) is 10.6 Å². The molecule has 0 radical (unpaired) electrons. The van der Waals surface area contributed by atoms with E-state index in [1.54, 1.807) is 55.4 Å². The summed E-state index contributed by atoms with van der Waals surface area (Å²) < 4.78 is 0. The van der Waals surface area contributed by atoms with E-state index in [9.17, 15) is 14.9 Å². The highest BCUT2D eigenvalue weighted by Crippen LogP contribution is 2.30. The van der Waals surface area contributed by atoms with Crippen molar-refractivity contribution in [3.63, 3.8) is 0 Å². The summed E-state index contributed by atoms with van der Waals surface area (Å²) in [5, 5.41) is 15.1. The van der Waals surface area contributed by atoms with Gasteiger partial charge in [0.15, 0.2) is 5.11 Å². The van der Waals surface area contributed by atoms with E-state index >= 15 is 0 Å². The average Bonchev–Trinajstić information content (AvgIpc) is 2.88. The molecule has 1 saturated heterocycles. The molecule has 1 N–H and O–H groups in total. The molecule has 2 aromatic rings. The molecule has 3 rings (SSSR count). The van der Waals surface area contributed by atoms with Gasteiger partial charge in [-0.15, -0.1) is 0 Å². The zero-order valence-corrected chi connectivity index (χ0v) is 17.0. The number of amides is 1. The van der Waals surface area contributed by atoms with Gasteiger partial charge in [-0.2, -0.15) is 0 Å². The molecule has 0 unspecified atom stereocenters. The summed E-state index contributed by atoms with van der Waals surface area (Å²) in [5.74, 6) is -0.338. The number of hydrogen-bond donors (Lipinski definition) is 1. The second-order valence-corrected chi connectivity index (χ2v) is 7.28. The second kappa shape index (κ2) is 7.57. The fraction of sp³-hybridized carbons (Fsp3) is 0.158. The third kappa shape index (κ3) is 3.69. The molecule has 144 valence electrons. The van der Waals surface area contributed by atoms with E-state index < -0.39 is 4.92 Å². The Balaban J connectivity index is 1.98. The predicted molar refractivity (Wildman–Crippen MR) is 115 cm³/mol. The van der Waals surface area contributed by atoms with Crippen molar-refractivity contribution in [1.29, 1.82) is 0 Å². The van der Waals surface area contributed by atoms with Gasteiger partial charge in [-0.05, 0) is 60.6 Å². The quantitative estimate of drug-likeness (QED) is 0.352. The number of halogens is 1. The van der Waals surface area contributed by atoms with E-state index in [4.69, 9.17) is 23.8 Å². The normalized spacial score (nSPS) is 15.1. The Morgan fingerprint density at radius 2 is 1.96 bits per heavy atom. The minimum absolute atomic E-state index is 0.0437. The Bertz CT molecular complexity index is 1040. The van der Waals surface area contributed by atoms with Gasteiger partial charge >= 0.3 is 0 Å². The van der Waals surface area contributed by atoms with Crippen LogP contribution in [0.25, 0.3) is 6.08 Å². The van der Waals surface area contributed by atoms with Gasteiger partial charge in [0.25, 0.3) is 11.6 Å². The van der Waals surface area contributed by atoms with Crippen LogP contribution in [0.5, 0.6) is 0 Å². The maximum absolute atomic E-state index is 12.9. The molecule has 0 bridgehead atoms. The summed E-state index contributed by atoms with van der Waals surface area (Å²) >= 11 is 11.3. The number of thiocarbonyl (C=S) groups is 1. The molecule has 1 aliphatic rings. The third-order valence-electron chi connectivity index (χ3n) is 4.27. The van der Waals surface area contributed by atoms with Crippen LogP contribution in [-0.4, -0.2) is 30.0 Å². The number of aryl methyl sites for hydroxylation is 1. The number of benzene rings is 2. The van der Waals surface area contributed by atoms with Gasteiger partial charge in [-0.1, -0.05) is 17.7 Å². The fourth-order valence-corrected chi connectivity index (χ4v) is 3.46. The highest BCUT2D eigenvalue weighted by atomic mass is 35.5. The van der Waals surface area contributed by atoms with E-state index in [1.807, 2.05) is 6.92 Å². The predicted octanol–water partition coefficient (Wildman–Crippen LogP) is 3.88. The van der Waals surface area contributed by atoms with Crippen LogP contribution in [-0.2, 0) is 4.79 Å². The first-order chi connectivity index (χ1) is 13.2. The minimum atomic E-state index is -0.449. The monoisotopic (exact) mass is 416 g/mol. The summed E-state index contributed by atoms with van der Waals surface area (Å²) in [5.41, 5.74) is 2.63. The molecule has 1 fully saturated rings. The van der Waals surface area contributed by atoms with E-state index in [1.165, 1.54) is 11.0 Å². The number of carbonyl (C=O) groups is 1. The number of nitrogens with zero attached hydrogens (tertiary/aromatic N) is 3. The molecular weight excluding hydrogens is 400 g/mol. The van der Waals surface area contributed by atoms with Crippen LogP contribution >= 0.6 is 23.8 Å². The van der Waals surface area contributed by atoms with Gasteiger partial charge in [-0.25, -0.2) is 0 Å². The lowest BCUT2D eigenvalue weighted by Gasteiger charge is -2.16. The van der Waals surface area contributed by atoms with E-state index in [-0.39, 0.29) is 22.4 Å². The molecule has 2 aromatic carbocycles. The van der Waals surface area contributed by atoms with Crippen molar-refractivity contribution in [2.45, 2.75) is 6.92 Å². The molecule has 9 heteroatoms. The molecule has 0 aliphatic carbocycles. The van der Waals surface area contributed by atoms with Crippen LogP contribution in [0.15, 0.2) is 42.1 Å². The van der Waals surface area contributed by atoms with Crippen LogP contribution in [0.4, 0.5) is 17.1 Å². The lowest BCUT2D eigenvalue weighted by Crippen LogP contribution is -2.30. The Morgan fingerprint density at radius 3 is 2.57 bits per heavy atom. The molecule has 28 heavy (non-hydrogen) atoms. The van der Waals surface area contributed by atoms with E-state index in [2.05, 4.69) is 5.32 Å². The van der Waals surface area contributed by atoms with Crippen molar-refractivity contribution in [3.8, 4) is 0 Å². The highest BCUT2D eigenvalue weighted by Gasteiger charge is 2.33. The average molecular weight is 417 g/mol. The first-order valence-corrected chi connectivity index (χ1v) is 9.06. The Labute approximate surface area is 172 Å². The topological polar surface area (TPSA) is 78.7 Å². The maximum Gasteiger partial charge on any atom is 0.293 e. The summed E-state index contributed by atoms with van der Waals surface area (Å²) in [6.45, 7) is 1.84. The smallest absolute Gasteiger partial charge is 0.293 e. The van der Waals surface area contributed by atoms with Crippen LogP contribution in [0.2, 0.25) is 5.02 Å². The zero-order valence-electron chi connectivity index (χ0n) is 15.4. The SMILES string of the molecule is Cc1cc(Cl)ccc1N1C(=O)/C(=C/c2ccc(N(C)C)c([N+](=O)[O-])c2)NC1=S. The summed E-state index contributed by atoms with van der Waals surface area (Å²) in [7, 11) is 3.46. The molecule has 1 aliphatic heterocycles. The Hall–Kier alpha value is -2.97. The van der Waals surface area contributed by atoms with Crippen molar-refractivity contribution in [2.24, 2.45) is 0 Å². The fourth-order valence-electron chi connectivity index (χ4n) is 2.94. The maximum atomic E-state index is 12.9. The summed E-state index contributed by atoms with van der Waals surface area (Å²) in [6.07, 6.45) is 1.55. The van der Waals surface area contributed by atoms with Gasteiger partial charge < -0.3 is 10.2 Å². The molecule has 1 amide bonds. The van der Waals surface area contributed by atoms with Crippen molar-refractivity contribution in [2.75, 3.05) is 23.9 Å². The summed E-state index contributed by atoms with van der Waals surface area (Å²) in [6, 6.07) is 9.94. The third-order valence-corrected chi connectivity index (χ3v) is 4.79. The molecule has 0 spiro atoms. The van der Waals surface area contributed by atoms with Crippen molar-refractivity contribution >= 4 is 58.0 Å². The van der Waals surface area contributed by atoms with Crippen molar-refractivity contribution < 1.29 is 9.72 Å². The first-order valence-electron chi connectivity index (χ1n) is 8.28. The number of carbonyl (C=O) groups excluding carboxylic acids is 1. The Kier molecular flexibility index (Phi) is 5.35. The molecule has 0 aromatic heterocycles. The number of rotatable bonds is 4. The van der Waals surface area contributed by atoms with Crippen LogP contribution in [0.1, 0.15) is 11.1 Å². The minimum Gasteiger partial charge on any atom is -0.372 e. The van der Waals surface area contributed by atoms with Gasteiger partial charge in [-0.3, -0.25) is 19.8 Å². The standard InChI is InChI=1S/C19H17ClN4O3S/c1-11-8-13(20)5-7-15(11)23-18(25)14(21-19(23)28)9-12-4-6-16(22(2)3)17(10-12)24(26)27/h4-10H,1-3H3,(H,21,28)/b14-9-. The van der Waals surface area contributed by atoms with Crippen molar-refractivity contribution in [3.05, 3.63) is 68.4 Å². The van der Waals surface area contributed by atoms with Gasteiger partial charge in [0, 0.05) is 25.2 Å². The lowest BCUT2D eigenvalue weighted by molar-refractivity contribution is -0.384. The largest absolute Gasteiger partial charge is 0.372 e. The van der Waals surface area contributed by atoms with Crippen LogP contribution < -0.4 is 15.1 Å². The van der Waals surface area contributed by atoms with Gasteiger partial charge in [0.2, 0.25) is 0 Å². The van der Waals surface area contributed by atoms with Crippen LogP contribution in [0, 0.1) is 17.0 Å². The second-order valence-electron chi connectivity index (χ2n) is 6.46. The number of nitro benzene ring substituents is 1. The zero-order chi connectivity index (χ0) is 20.6. The van der Waals surface area contributed by atoms with E-state index in [0.29, 0.717) is 22.0 Å². The number of nitrogens with one attached hydrogen (secondary N) is 1. The number of nitro groups is 1. The van der Waals surface area contributed by atoms with Crippen LogP contribution in [0.3, 0.4) is 0 Å². The molecule has 7 nitrogen and oxygen atoms in total. The number of anilines is 2. The van der Waals surface area contributed by atoms with E-state index in [0.717, 1.165) is 5.56 Å². The molecule has 0 atom stereocenters. The molecule has 1 heterocycles. The highest BCUT2D eigenvalue weighted by molar-refractivity contribution is 7.80. The number of hydrogen-bond acceptors (Lipinski definition) is 5. The van der Waals surface area contributed by atoms with Gasteiger partial charge in [0.1, 0.15) is 11.4 Å². The molecular formula is C19H17ClN4O3S. The first kappa shape index (κ1) is 19.8. The van der Waals surface area contributed by atoms with Crippen molar-refractivity contribution in [1.82, 2.24) is 5.32 Å². The Morgan fingerprint density at radius 1 is 1.25 bits per heavy atom. The summed E-state index contributed by atoms with van der Waals surface area (Å²) in [4.78, 5) is 26.9. The molecule has 0 saturated carbocycles.